The van der Waals surface area contributed by atoms with E-state index in [0.29, 0.717) is 23.0 Å². The number of hydrogen-bond donors (Lipinski definition) is 2. The van der Waals surface area contributed by atoms with Crippen LogP contribution >= 0.6 is 15.9 Å². The first-order valence-electron chi connectivity index (χ1n) is 8.65. The van der Waals surface area contributed by atoms with E-state index < -0.39 is 6.04 Å². The van der Waals surface area contributed by atoms with Gasteiger partial charge in [0.1, 0.15) is 18.1 Å². The van der Waals surface area contributed by atoms with Gasteiger partial charge in [0.2, 0.25) is 5.95 Å². The van der Waals surface area contributed by atoms with E-state index in [1.807, 2.05) is 43.3 Å². The summed E-state index contributed by atoms with van der Waals surface area (Å²) in [6.45, 7) is 1.86. The van der Waals surface area contributed by atoms with Crippen molar-refractivity contribution in [2.75, 3.05) is 17.7 Å². The van der Waals surface area contributed by atoms with Crippen LogP contribution in [0.3, 0.4) is 0 Å². The van der Waals surface area contributed by atoms with Crippen molar-refractivity contribution in [3.63, 3.8) is 0 Å². The van der Waals surface area contributed by atoms with E-state index in [0.717, 1.165) is 15.7 Å². The van der Waals surface area contributed by atoms with Gasteiger partial charge < -0.3 is 15.4 Å². The zero-order valence-corrected chi connectivity index (χ0v) is 16.9. The molecule has 1 aliphatic heterocycles. The van der Waals surface area contributed by atoms with Crippen molar-refractivity contribution in [3.05, 3.63) is 76.2 Å². The number of para-hydroxylation sites is 2. The lowest BCUT2D eigenvalue weighted by molar-refractivity contribution is -0.113. The molecule has 1 atom stereocenters. The van der Waals surface area contributed by atoms with Crippen LogP contribution < -0.4 is 15.4 Å². The Balaban J connectivity index is 1.77. The van der Waals surface area contributed by atoms with Gasteiger partial charge in [0.15, 0.2) is 0 Å². The van der Waals surface area contributed by atoms with Crippen molar-refractivity contribution >= 4 is 33.5 Å². The maximum Gasteiger partial charge on any atom is 0.255 e. The molecule has 1 aromatic heterocycles. The molecule has 0 bridgehead atoms. The van der Waals surface area contributed by atoms with E-state index in [9.17, 15) is 4.79 Å². The van der Waals surface area contributed by atoms with Gasteiger partial charge in [-0.1, -0.05) is 40.2 Å². The SMILES string of the molecule is COc1ccccc1NC(=O)C1=C(C)Nc2ncnn2[C@@H]1c1cccc(Br)c1. The van der Waals surface area contributed by atoms with E-state index in [1.165, 1.54) is 6.33 Å². The Morgan fingerprint density at radius 2 is 2.07 bits per heavy atom. The highest BCUT2D eigenvalue weighted by Gasteiger charge is 2.33. The second-order valence-corrected chi connectivity index (χ2v) is 7.22. The molecule has 1 aliphatic rings. The van der Waals surface area contributed by atoms with E-state index in [-0.39, 0.29) is 5.91 Å². The monoisotopic (exact) mass is 439 g/mol. The second-order valence-electron chi connectivity index (χ2n) is 6.30. The van der Waals surface area contributed by atoms with Crippen molar-refractivity contribution in [1.29, 1.82) is 0 Å². The number of fused-ring (bicyclic) bond motifs is 1. The fourth-order valence-corrected chi connectivity index (χ4v) is 3.72. The molecule has 0 unspecified atom stereocenters. The number of nitrogens with one attached hydrogen (secondary N) is 2. The van der Waals surface area contributed by atoms with Crippen LogP contribution in [0.25, 0.3) is 0 Å². The number of ether oxygens (including phenoxy) is 1. The topological polar surface area (TPSA) is 81.1 Å². The number of carbonyl (C=O) groups excluding carboxylic acids is 1. The van der Waals surface area contributed by atoms with Crippen LogP contribution in [0, 0.1) is 0 Å². The number of allylic oxidation sites excluding steroid dienone is 1. The third-order valence-electron chi connectivity index (χ3n) is 4.56. The molecule has 0 fully saturated rings. The normalized spacial score (nSPS) is 15.6. The van der Waals surface area contributed by atoms with Crippen LogP contribution in [-0.2, 0) is 4.79 Å². The molecule has 3 aromatic rings. The summed E-state index contributed by atoms with van der Waals surface area (Å²) in [6, 6.07) is 14.7. The van der Waals surface area contributed by atoms with Gasteiger partial charge in [-0.2, -0.15) is 10.1 Å². The van der Waals surface area contributed by atoms with Crippen LogP contribution in [0.2, 0.25) is 0 Å². The zero-order chi connectivity index (χ0) is 19.7. The number of benzene rings is 2. The van der Waals surface area contributed by atoms with Gasteiger partial charge in [0.25, 0.3) is 5.91 Å². The average molecular weight is 440 g/mol. The fourth-order valence-electron chi connectivity index (χ4n) is 3.31. The summed E-state index contributed by atoms with van der Waals surface area (Å²) in [5, 5.41) is 10.5. The second kappa shape index (κ2) is 7.47. The van der Waals surface area contributed by atoms with E-state index in [2.05, 4.69) is 36.6 Å². The Bertz CT molecular complexity index is 1080. The Morgan fingerprint density at radius 3 is 2.86 bits per heavy atom. The Labute approximate surface area is 170 Å². The van der Waals surface area contributed by atoms with E-state index >= 15 is 0 Å². The summed E-state index contributed by atoms with van der Waals surface area (Å²) in [6.07, 6.45) is 1.47. The first-order valence-corrected chi connectivity index (χ1v) is 9.45. The minimum absolute atomic E-state index is 0.236. The Kier molecular flexibility index (Phi) is 4.87. The average Bonchev–Trinajstić information content (AvgIpc) is 3.15. The van der Waals surface area contributed by atoms with E-state index in [4.69, 9.17) is 4.74 Å². The highest BCUT2D eigenvalue weighted by Crippen LogP contribution is 2.36. The molecule has 4 rings (SSSR count). The third kappa shape index (κ3) is 3.27. The van der Waals surface area contributed by atoms with Crippen LogP contribution in [-0.4, -0.2) is 27.8 Å². The molecule has 1 amide bonds. The molecule has 142 valence electrons. The molecule has 2 N–H and O–H groups in total. The summed E-state index contributed by atoms with van der Waals surface area (Å²) in [5.74, 6) is 0.954. The van der Waals surface area contributed by atoms with Crippen molar-refractivity contribution in [2.24, 2.45) is 0 Å². The molecule has 8 heteroatoms. The number of rotatable bonds is 4. The number of nitrogens with zero attached hydrogens (tertiary/aromatic N) is 3. The van der Waals surface area contributed by atoms with Gasteiger partial charge in [-0.05, 0) is 36.8 Å². The lowest BCUT2D eigenvalue weighted by Crippen LogP contribution is -2.31. The molecule has 0 saturated heterocycles. The number of carbonyl (C=O) groups is 1. The van der Waals surface area contributed by atoms with Crippen LogP contribution in [0.15, 0.2) is 70.6 Å². The van der Waals surface area contributed by atoms with Crippen LogP contribution in [0.1, 0.15) is 18.5 Å². The first-order chi connectivity index (χ1) is 13.6. The molecule has 0 spiro atoms. The van der Waals surface area contributed by atoms with Crippen molar-refractivity contribution in [3.8, 4) is 5.75 Å². The number of aromatic nitrogens is 3. The van der Waals surface area contributed by atoms with Gasteiger partial charge in [-0.25, -0.2) is 4.68 Å². The number of methoxy groups -OCH3 is 1. The maximum atomic E-state index is 13.3. The minimum Gasteiger partial charge on any atom is -0.495 e. The molecule has 2 heterocycles. The summed E-state index contributed by atoms with van der Waals surface area (Å²) >= 11 is 3.51. The van der Waals surface area contributed by atoms with Gasteiger partial charge in [0, 0.05) is 10.2 Å². The van der Waals surface area contributed by atoms with Crippen LogP contribution in [0.5, 0.6) is 5.75 Å². The number of halogens is 1. The van der Waals surface area contributed by atoms with Crippen molar-refractivity contribution in [1.82, 2.24) is 14.8 Å². The predicted molar refractivity (Wildman–Crippen MR) is 110 cm³/mol. The lowest BCUT2D eigenvalue weighted by atomic mass is 9.95. The smallest absolute Gasteiger partial charge is 0.255 e. The number of hydrogen-bond acceptors (Lipinski definition) is 5. The molecule has 0 radical (unpaired) electrons. The zero-order valence-electron chi connectivity index (χ0n) is 15.3. The summed E-state index contributed by atoms with van der Waals surface area (Å²) in [5.41, 5.74) is 2.81. The number of amides is 1. The molecule has 0 aliphatic carbocycles. The molecular formula is C20H18BrN5O2. The van der Waals surface area contributed by atoms with E-state index in [1.54, 1.807) is 23.9 Å². The largest absolute Gasteiger partial charge is 0.495 e. The maximum absolute atomic E-state index is 13.3. The first kappa shape index (κ1) is 18.2. The van der Waals surface area contributed by atoms with Gasteiger partial charge in [0.05, 0.1) is 18.4 Å². The quantitative estimate of drug-likeness (QED) is 0.642. The summed E-state index contributed by atoms with van der Waals surface area (Å²) < 4.78 is 7.99. The molecule has 2 aromatic carbocycles. The van der Waals surface area contributed by atoms with Crippen molar-refractivity contribution in [2.45, 2.75) is 13.0 Å². The molecule has 0 saturated carbocycles. The predicted octanol–water partition coefficient (Wildman–Crippen LogP) is 3.98. The molecular weight excluding hydrogens is 422 g/mol. The minimum atomic E-state index is -0.411. The summed E-state index contributed by atoms with van der Waals surface area (Å²) in [7, 11) is 1.57. The highest BCUT2D eigenvalue weighted by molar-refractivity contribution is 9.10. The van der Waals surface area contributed by atoms with Gasteiger partial charge >= 0.3 is 0 Å². The van der Waals surface area contributed by atoms with Gasteiger partial charge in [-0.15, -0.1) is 0 Å². The van der Waals surface area contributed by atoms with Crippen LogP contribution in [0.4, 0.5) is 11.6 Å². The number of anilines is 2. The summed E-state index contributed by atoms with van der Waals surface area (Å²) in [4.78, 5) is 17.6. The third-order valence-corrected chi connectivity index (χ3v) is 5.05. The molecule has 28 heavy (non-hydrogen) atoms. The molecule has 7 nitrogen and oxygen atoms in total. The standard InChI is InChI=1S/C20H18BrN5O2/c1-12-17(19(27)25-15-8-3-4-9-16(15)28-2)18(13-6-5-7-14(21)10-13)26-20(24-12)22-11-23-26/h3-11,18H,1-2H3,(H,25,27)(H,22,23,24)/t18-/m1/s1. The Hall–Kier alpha value is -3.13. The lowest BCUT2D eigenvalue weighted by Gasteiger charge is -2.29. The fraction of sp³-hybridized carbons (Fsp3) is 0.150. The van der Waals surface area contributed by atoms with Crippen molar-refractivity contribution < 1.29 is 9.53 Å². The van der Waals surface area contributed by atoms with Gasteiger partial charge in [-0.3, -0.25) is 4.79 Å². The highest BCUT2D eigenvalue weighted by atomic mass is 79.9. The Morgan fingerprint density at radius 1 is 1.25 bits per heavy atom.